The van der Waals surface area contributed by atoms with E-state index in [9.17, 15) is 9.59 Å². The number of carbonyl (C=O) groups excluding carboxylic acids is 2. The molecule has 1 fully saturated rings. The molecule has 1 aliphatic rings. The number of imide groups is 1. The molecule has 7 nitrogen and oxygen atoms in total. The van der Waals surface area contributed by atoms with Crippen molar-refractivity contribution in [1.82, 2.24) is 10.2 Å². The number of nitrogens with one attached hydrogen (secondary N) is 1. The number of hydrogen-bond acceptors (Lipinski definition) is 5. The van der Waals surface area contributed by atoms with Crippen LogP contribution in [-0.4, -0.2) is 37.3 Å². The van der Waals surface area contributed by atoms with Gasteiger partial charge in [0.15, 0.2) is 17.1 Å². The van der Waals surface area contributed by atoms with Crippen LogP contribution in [0.25, 0.3) is 10.8 Å². The molecule has 3 aromatic carbocycles. The number of fused-ring (bicyclic) bond motifs is 1. The minimum atomic E-state index is -1.01. The van der Waals surface area contributed by atoms with Gasteiger partial charge in [0.25, 0.3) is 0 Å². The van der Waals surface area contributed by atoms with E-state index in [1.807, 2.05) is 68.4 Å². The summed E-state index contributed by atoms with van der Waals surface area (Å²) in [5.74, 6) is 1.18. The highest BCUT2D eigenvalue weighted by molar-refractivity contribution is 5.93. The number of methoxy groups -OCH3 is 1. The molecule has 1 aliphatic heterocycles. The Morgan fingerprint density at radius 2 is 1.91 bits per heavy atom. The molecule has 0 saturated carbocycles. The van der Waals surface area contributed by atoms with Crippen LogP contribution in [0, 0.1) is 0 Å². The maximum atomic E-state index is 13.1. The Kier molecular flexibility index (Phi) is 6.63. The number of cyclic esters (lactones) is 1. The zero-order valence-electron chi connectivity index (χ0n) is 20.0. The lowest BCUT2D eigenvalue weighted by molar-refractivity contribution is 0.0699. The summed E-state index contributed by atoms with van der Waals surface area (Å²) < 4.78 is 16.9. The summed E-state index contributed by atoms with van der Waals surface area (Å²) in [7, 11) is 1.58. The number of amides is 3. The van der Waals surface area contributed by atoms with Crippen molar-refractivity contribution in [3.8, 4) is 11.5 Å². The molecule has 0 aromatic heterocycles. The van der Waals surface area contributed by atoms with Gasteiger partial charge in [-0.25, -0.2) is 14.5 Å². The topological polar surface area (TPSA) is 77.1 Å². The number of hydrogen-bond donors (Lipinski definition) is 1. The summed E-state index contributed by atoms with van der Waals surface area (Å²) in [4.78, 5) is 26.9. The van der Waals surface area contributed by atoms with E-state index in [1.165, 1.54) is 0 Å². The number of rotatable bonds is 7. The smallest absolute Gasteiger partial charge is 0.419 e. The summed E-state index contributed by atoms with van der Waals surface area (Å²) in [6.07, 6.45) is 0.166. The minimum absolute atomic E-state index is 0.0828. The van der Waals surface area contributed by atoms with Gasteiger partial charge in [0, 0.05) is 5.56 Å². The first-order chi connectivity index (χ1) is 16.4. The molecule has 1 saturated heterocycles. The molecule has 178 valence electrons. The molecular formula is C27H30N2O5. The normalized spacial score (nSPS) is 18.5. The van der Waals surface area contributed by atoms with E-state index < -0.39 is 17.7 Å². The van der Waals surface area contributed by atoms with Crippen molar-refractivity contribution >= 4 is 22.9 Å². The van der Waals surface area contributed by atoms with E-state index in [0.29, 0.717) is 18.1 Å². The van der Waals surface area contributed by atoms with Gasteiger partial charge >= 0.3 is 12.1 Å². The second kappa shape index (κ2) is 9.63. The highest BCUT2D eigenvalue weighted by Crippen LogP contribution is 2.38. The Morgan fingerprint density at radius 3 is 2.68 bits per heavy atom. The molecule has 0 aliphatic carbocycles. The second-order valence-corrected chi connectivity index (χ2v) is 8.64. The Balaban J connectivity index is 1.52. The Bertz CT molecular complexity index is 1210. The molecule has 1 N–H and O–H groups in total. The fourth-order valence-corrected chi connectivity index (χ4v) is 4.25. The van der Waals surface area contributed by atoms with Crippen LogP contribution in [0.5, 0.6) is 11.5 Å². The van der Waals surface area contributed by atoms with Crippen LogP contribution in [0.1, 0.15) is 44.4 Å². The molecule has 0 spiro atoms. The zero-order valence-corrected chi connectivity index (χ0v) is 20.0. The molecule has 34 heavy (non-hydrogen) atoms. The first kappa shape index (κ1) is 23.4. The van der Waals surface area contributed by atoms with Crippen LogP contribution in [0.2, 0.25) is 0 Å². The van der Waals surface area contributed by atoms with Gasteiger partial charge in [-0.15, -0.1) is 0 Å². The van der Waals surface area contributed by atoms with Crippen LogP contribution in [-0.2, 0) is 10.3 Å². The Labute approximate surface area is 199 Å². The average Bonchev–Trinajstić information content (AvgIpc) is 3.17. The van der Waals surface area contributed by atoms with E-state index in [1.54, 1.807) is 20.1 Å². The quantitative estimate of drug-likeness (QED) is 0.482. The minimum Gasteiger partial charge on any atom is -0.493 e. The average molecular weight is 463 g/mol. The van der Waals surface area contributed by atoms with Crippen molar-refractivity contribution in [3.63, 3.8) is 0 Å². The van der Waals surface area contributed by atoms with Gasteiger partial charge in [-0.1, -0.05) is 55.5 Å². The lowest BCUT2D eigenvalue weighted by Crippen LogP contribution is -2.42. The molecule has 0 unspecified atom stereocenters. The molecule has 1 heterocycles. The van der Waals surface area contributed by atoms with Crippen molar-refractivity contribution < 1.29 is 23.8 Å². The summed E-state index contributed by atoms with van der Waals surface area (Å²) in [6, 6.07) is 18.6. The number of nitrogens with zero attached hydrogens (tertiary/aromatic N) is 1. The molecule has 0 bridgehead atoms. The number of benzene rings is 3. The second-order valence-electron chi connectivity index (χ2n) is 8.64. The monoisotopic (exact) mass is 462 g/mol. The molecular weight excluding hydrogens is 432 g/mol. The number of urea groups is 1. The molecule has 4 rings (SSSR count). The van der Waals surface area contributed by atoms with Gasteiger partial charge in [-0.3, -0.25) is 0 Å². The van der Waals surface area contributed by atoms with Gasteiger partial charge < -0.3 is 19.5 Å². The molecule has 3 amide bonds. The largest absolute Gasteiger partial charge is 0.493 e. The predicted molar refractivity (Wildman–Crippen MR) is 130 cm³/mol. The first-order valence-electron chi connectivity index (χ1n) is 11.5. The van der Waals surface area contributed by atoms with Crippen LogP contribution >= 0.6 is 0 Å². The molecule has 2 atom stereocenters. The SMILES string of the molecule is CCCOc1cc([C@@]2(C)CN(C(=O)N[C@H](C)c3cccc4ccccc34)C(=O)O2)ccc1OC. The highest BCUT2D eigenvalue weighted by Gasteiger charge is 2.46. The molecule has 0 radical (unpaired) electrons. The molecule has 3 aromatic rings. The fourth-order valence-electron chi connectivity index (χ4n) is 4.25. The Hall–Kier alpha value is -3.74. The maximum absolute atomic E-state index is 13.1. The highest BCUT2D eigenvalue weighted by atomic mass is 16.6. The standard InChI is InChI=1S/C27H30N2O5/c1-5-15-33-24-16-20(13-14-23(24)32-4)27(3)17-29(26(31)34-27)25(30)28-18(2)21-12-8-10-19-9-6-7-11-22(19)21/h6-14,16,18H,5,15,17H2,1-4H3,(H,28,30)/t18-,27-/m1/s1. The third-order valence-corrected chi connectivity index (χ3v) is 6.10. The van der Waals surface area contributed by atoms with Crippen molar-refractivity contribution in [3.05, 3.63) is 71.8 Å². The summed E-state index contributed by atoms with van der Waals surface area (Å²) in [6.45, 7) is 6.33. The van der Waals surface area contributed by atoms with E-state index in [-0.39, 0.29) is 12.6 Å². The predicted octanol–water partition coefficient (Wildman–Crippen LogP) is 5.78. The summed E-state index contributed by atoms with van der Waals surface area (Å²) in [5, 5.41) is 5.10. The fraction of sp³-hybridized carbons (Fsp3) is 0.333. The van der Waals surface area contributed by atoms with Crippen LogP contribution in [0.15, 0.2) is 60.7 Å². The summed E-state index contributed by atoms with van der Waals surface area (Å²) in [5.41, 5.74) is 0.702. The van der Waals surface area contributed by atoms with Crippen molar-refractivity contribution in [2.24, 2.45) is 0 Å². The lowest BCUT2D eigenvalue weighted by atomic mass is 9.95. The van der Waals surface area contributed by atoms with Crippen molar-refractivity contribution in [2.45, 2.75) is 38.8 Å². The number of carbonyl (C=O) groups is 2. The van der Waals surface area contributed by atoms with Gasteiger partial charge in [0.1, 0.15) is 0 Å². The van der Waals surface area contributed by atoms with E-state index in [2.05, 4.69) is 5.32 Å². The van der Waals surface area contributed by atoms with Crippen LogP contribution in [0.4, 0.5) is 9.59 Å². The Morgan fingerprint density at radius 1 is 1.15 bits per heavy atom. The van der Waals surface area contributed by atoms with Gasteiger partial charge in [-0.05, 0) is 48.7 Å². The summed E-state index contributed by atoms with van der Waals surface area (Å²) >= 11 is 0. The lowest BCUT2D eigenvalue weighted by Gasteiger charge is -2.24. The third-order valence-electron chi connectivity index (χ3n) is 6.10. The van der Waals surface area contributed by atoms with Gasteiger partial charge in [0.2, 0.25) is 0 Å². The van der Waals surface area contributed by atoms with Gasteiger partial charge in [0.05, 0.1) is 26.3 Å². The van der Waals surface area contributed by atoms with E-state index in [4.69, 9.17) is 14.2 Å². The molecule has 7 heteroatoms. The third kappa shape index (κ3) is 4.51. The van der Waals surface area contributed by atoms with Crippen LogP contribution < -0.4 is 14.8 Å². The van der Waals surface area contributed by atoms with E-state index >= 15 is 0 Å². The van der Waals surface area contributed by atoms with Crippen molar-refractivity contribution in [2.75, 3.05) is 20.3 Å². The number of ether oxygens (including phenoxy) is 3. The van der Waals surface area contributed by atoms with E-state index in [0.717, 1.165) is 33.2 Å². The maximum Gasteiger partial charge on any atom is 0.419 e. The van der Waals surface area contributed by atoms with Crippen LogP contribution in [0.3, 0.4) is 0 Å². The van der Waals surface area contributed by atoms with Crippen molar-refractivity contribution in [1.29, 1.82) is 0 Å². The zero-order chi connectivity index (χ0) is 24.3. The van der Waals surface area contributed by atoms with Gasteiger partial charge in [-0.2, -0.15) is 0 Å². The first-order valence-corrected chi connectivity index (χ1v) is 11.5.